The summed E-state index contributed by atoms with van der Waals surface area (Å²) in [5.41, 5.74) is 6.19. The molecule has 0 aromatic carbocycles. The minimum Gasteiger partial charge on any atom is -0.393 e. The van der Waals surface area contributed by atoms with Gasteiger partial charge in [-0.2, -0.15) is 0 Å². The first-order valence-corrected chi connectivity index (χ1v) is 16.9. The van der Waals surface area contributed by atoms with E-state index >= 15 is 0 Å². The zero-order valence-electron chi connectivity index (χ0n) is 22.5. The third-order valence-electron chi connectivity index (χ3n) is 8.21. The van der Waals surface area contributed by atoms with Crippen LogP contribution in [-0.2, 0) is 39.2 Å². The van der Waals surface area contributed by atoms with Crippen LogP contribution in [0.5, 0.6) is 0 Å². The van der Waals surface area contributed by atoms with Gasteiger partial charge in [0.2, 0.25) is 0 Å². The van der Waals surface area contributed by atoms with Crippen molar-refractivity contribution >= 4 is 43.2 Å². The van der Waals surface area contributed by atoms with Crippen molar-refractivity contribution in [2.75, 3.05) is 26.0 Å². The predicted octanol–water partition coefficient (Wildman–Crippen LogP) is -1.97. The van der Waals surface area contributed by atoms with E-state index in [4.69, 9.17) is 41.2 Å². The number of nitrogen functional groups attached to an aromatic ring is 1. The fraction of sp³-hybridized carbons (Fsp3) is 0.714. The molecule has 2 aromatic rings. The molecule has 0 spiro atoms. The number of rotatable bonds is 11. The molecule has 2 aliphatic heterocycles. The number of aliphatic hydroxyl groups is 5. The van der Waals surface area contributed by atoms with Gasteiger partial charge >= 0.3 is 14.5 Å². The van der Waals surface area contributed by atoms with Crippen molar-refractivity contribution in [3.05, 3.63) is 18.1 Å². The van der Waals surface area contributed by atoms with Crippen LogP contribution in [0.25, 0.3) is 11.0 Å². The van der Waals surface area contributed by atoms with Gasteiger partial charge in [-0.05, 0) is 25.8 Å². The molecule has 2 saturated heterocycles. The van der Waals surface area contributed by atoms with Crippen LogP contribution in [0, 0.1) is 11.8 Å². The number of aliphatic hydroxyl groups excluding tert-OH is 4. The van der Waals surface area contributed by atoms with Gasteiger partial charge in [-0.25, -0.2) is 23.2 Å². The molecule has 1 saturated carbocycles. The monoisotopic (exact) mass is 675 g/mol. The molecule has 0 amide bonds. The van der Waals surface area contributed by atoms with Gasteiger partial charge in [-0.3, -0.25) is 4.52 Å². The molecule has 5 rings (SSSR count). The van der Waals surface area contributed by atoms with Crippen LogP contribution in [0.3, 0.4) is 0 Å². The number of ether oxygens (including phenoxy) is 2. The second kappa shape index (κ2) is 11.5. The lowest BCUT2D eigenvalue weighted by molar-refractivity contribution is -0.426. The van der Waals surface area contributed by atoms with Crippen molar-refractivity contribution in [1.82, 2.24) is 20.3 Å². The van der Waals surface area contributed by atoms with Crippen molar-refractivity contribution < 1.29 is 67.1 Å². The molecule has 4 heterocycles. The lowest BCUT2D eigenvalue weighted by atomic mass is 9.86. The average Bonchev–Trinajstić information content (AvgIpc) is 3.50. The number of nitrogens with two attached hydrogens (primary N) is 1. The van der Waals surface area contributed by atoms with E-state index in [1.54, 1.807) is 20.2 Å². The SMILES string of the molecule is CN[C@]1(C)[C@H](O)[C@@H](COP(O)(=S)OP(=O)(O)OC2OC3(O)C2C(O)C(O)C3[C@@H](F)CO)O[C@H]1c1c[nH]c2c(N)ncnc12. The fourth-order valence-corrected chi connectivity index (χ4v) is 9.00. The molecule has 0 radical (unpaired) electrons. The Kier molecular flexibility index (Phi) is 8.85. The summed E-state index contributed by atoms with van der Waals surface area (Å²) in [7, 11) is -3.76. The minimum absolute atomic E-state index is 0.196. The lowest BCUT2D eigenvalue weighted by Crippen LogP contribution is -2.64. The molecule has 43 heavy (non-hydrogen) atoms. The Bertz CT molecular complexity index is 1460. The molecule has 22 heteroatoms. The van der Waals surface area contributed by atoms with E-state index in [1.165, 1.54) is 6.33 Å². The Morgan fingerprint density at radius 2 is 2.00 bits per heavy atom. The van der Waals surface area contributed by atoms with Crippen molar-refractivity contribution in [3.63, 3.8) is 0 Å². The molecule has 18 nitrogen and oxygen atoms in total. The Hall–Kier alpha value is -1.29. The first-order chi connectivity index (χ1) is 20.0. The molecule has 0 bridgehead atoms. The maximum Gasteiger partial charge on any atom is 0.481 e. The number of phosphoric ester groups is 1. The van der Waals surface area contributed by atoms with E-state index in [0.29, 0.717) is 16.6 Å². The van der Waals surface area contributed by atoms with Crippen molar-refractivity contribution in [1.29, 1.82) is 0 Å². The predicted molar refractivity (Wildman–Crippen MR) is 145 cm³/mol. The molecule has 8 unspecified atom stereocenters. The fourth-order valence-electron chi connectivity index (χ4n) is 5.90. The van der Waals surface area contributed by atoms with Crippen LogP contribution in [0.2, 0.25) is 0 Å². The van der Waals surface area contributed by atoms with Crippen LogP contribution < -0.4 is 11.1 Å². The lowest BCUT2D eigenvalue weighted by Gasteiger charge is -2.49. The second-order valence-corrected chi connectivity index (χ2v) is 15.0. The molecule has 3 aliphatic rings. The summed E-state index contributed by atoms with van der Waals surface area (Å²) in [5.74, 6) is -5.75. The number of aromatic nitrogens is 3. The topological polar surface area (TPSA) is 284 Å². The van der Waals surface area contributed by atoms with Crippen LogP contribution >= 0.6 is 14.5 Å². The maximum absolute atomic E-state index is 14.1. The Labute approximate surface area is 247 Å². The number of halogens is 1. The number of anilines is 1. The highest BCUT2D eigenvalue weighted by molar-refractivity contribution is 8.08. The summed E-state index contributed by atoms with van der Waals surface area (Å²) >= 11 is 4.83. The number of alkyl halides is 1. The molecule has 1 aliphatic carbocycles. The van der Waals surface area contributed by atoms with Gasteiger partial charge in [0.05, 0.1) is 48.3 Å². The Morgan fingerprint density at radius 1 is 1.30 bits per heavy atom. The van der Waals surface area contributed by atoms with Gasteiger partial charge in [0.1, 0.15) is 36.3 Å². The maximum atomic E-state index is 14.1. The number of H-pyrrole nitrogens is 1. The van der Waals surface area contributed by atoms with Crippen molar-refractivity contribution in [2.24, 2.45) is 11.8 Å². The summed E-state index contributed by atoms with van der Waals surface area (Å²) in [6.45, 7) is -4.66. The number of nitrogens with one attached hydrogen (secondary N) is 2. The number of hydrogen-bond acceptors (Lipinski definition) is 16. The first kappa shape index (κ1) is 33.1. The molecule has 11 N–H and O–H groups in total. The molecule has 13 atom stereocenters. The van der Waals surface area contributed by atoms with E-state index in [9.17, 15) is 39.2 Å². The minimum atomic E-state index is -5.35. The average molecular weight is 676 g/mol. The summed E-state index contributed by atoms with van der Waals surface area (Å²) in [4.78, 5) is 31.9. The van der Waals surface area contributed by atoms with Gasteiger partial charge in [0.25, 0.3) is 0 Å². The standard InChI is InChI=1S/C21H32FN5O13P2S/c1-20(24-2)16(31)9(37-17(20)7-3-25-13-12(7)26-6-27-18(13)23)5-36-42(35,43)40-41(33,34)39-19-11-15(30)14(29)10(8(22)4-28)21(11,32)38-19/h3,6,8-11,14-17,19,24-25,28-32H,4-5H2,1-2H3,(H,33,34)(H,35,43)(H2,23,26,27)/t8-,9+,10?,11?,14?,15?,16+,17-,19?,20+,21?,42?/m0/s1. The van der Waals surface area contributed by atoms with Crippen LogP contribution in [0.15, 0.2) is 12.5 Å². The smallest absolute Gasteiger partial charge is 0.393 e. The van der Waals surface area contributed by atoms with Gasteiger partial charge in [0, 0.05) is 11.8 Å². The number of nitrogens with zero attached hydrogens (tertiary/aromatic N) is 2. The molecule has 2 aromatic heterocycles. The zero-order chi connectivity index (χ0) is 31.7. The quantitative estimate of drug-likeness (QED) is 0.116. The number of phosphoric acid groups is 1. The largest absolute Gasteiger partial charge is 0.481 e. The first-order valence-electron chi connectivity index (χ1n) is 12.8. The number of hydrogen-bond donors (Lipinski definition) is 10. The number of likely N-dealkylation sites (N-methyl/N-ethyl adjacent to an activating group) is 1. The summed E-state index contributed by atoms with van der Waals surface area (Å²) < 4.78 is 52.4. The Balaban J connectivity index is 1.23. The third-order valence-corrected chi connectivity index (χ3v) is 11.7. The zero-order valence-corrected chi connectivity index (χ0v) is 25.1. The molecule has 3 fully saturated rings. The molecule has 242 valence electrons. The van der Waals surface area contributed by atoms with Gasteiger partial charge < -0.3 is 65.4 Å². The highest BCUT2D eigenvalue weighted by Crippen LogP contribution is 2.65. The highest BCUT2D eigenvalue weighted by atomic mass is 32.5. The summed E-state index contributed by atoms with van der Waals surface area (Å²) in [5, 5.41) is 54.1. The van der Waals surface area contributed by atoms with Crippen LogP contribution in [0.4, 0.5) is 10.2 Å². The van der Waals surface area contributed by atoms with Crippen molar-refractivity contribution in [2.45, 2.75) is 61.2 Å². The van der Waals surface area contributed by atoms with E-state index in [1.807, 2.05) is 0 Å². The van der Waals surface area contributed by atoms with E-state index < -0.39 is 93.9 Å². The summed E-state index contributed by atoms with van der Waals surface area (Å²) in [6.07, 6.45) is -8.29. The summed E-state index contributed by atoms with van der Waals surface area (Å²) in [6, 6.07) is 0. The second-order valence-electron chi connectivity index (χ2n) is 10.6. The number of fused-ring (bicyclic) bond motifs is 2. The van der Waals surface area contributed by atoms with Crippen molar-refractivity contribution in [3.8, 4) is 0 Å². The van der Waals surface area contributed by atoms with E-state index in [-0.39, 0.29) is 5.82 Å². The van der Waals surface area contributed by atoms with Gasteiger partial charge in [-0.15, -0.1) is 0 Å². The van der Waals surface area contributed by atoms with Gasteiger partial charge in [-0.1, -0.05) is 0 Å². The normalized spacial score (nSPS) is 41.0. The van der Waals surface area contributed by atoms with E-state index in [2.05, 4.69) is 24.6 Å². The van der Waals surface area contributed by atoms with Crippen LogP contribution in [0.1, 0.15) is 18.6 Å². The molecular weight excluding hydrogens is 643 g/mol. The van der Waals surface area contributed by atoms with Gasteiger partial charge in [0.15, 0.2) is 17.9 Å². The highest BCUT2D eigenvalue weighted by Gasteiger charge is 2.74. The third kappa shape index (κ3) is 5.56. The van der Waals surface area contributed by atoms with Crippen LogP contribution in [-0.4, -0.2) is 119 Å². The van der Waals surface area contributed by atoms with E-state index in [0.717, 1.165) is 0 Å². The Morgan fingerprint density at radius 3 is 2.65 bits per heavy atom. The molecular formula is C21H32FN5O13P2S. The number of aromatic amines is 1.